The van der Waals surface area contributed by atoms with Crippen LogP contribution in [0.4, 0.5) is 0 Å². The lowest BCUT2D eigenvalue weighted by Crippen LogP contribution is -2.44. The second-order valence-electron chi connectivity index (χ2n) is 4.68. The monoisotopic (exact) mass is 284 g/mol. The van der Waals surface area contributed by atoms with Crippen LogP contribution in [0, 0.1) is 0 Å². The van der Waals surface area contributed by atoms with E-state index in [0.29, 0.717) is 11.3 Å². The van der Waals surface area contributed by atoms with Crippen molar-refractivity contribution in [3.05, 3.63) is 22.4 Å². The zero-order valence-electron chi connectivity index (χ0n) is 11.2. The topological polar surface area (TPSA) is 78.4 Å². The van der Waals surface area contributed by atoms with E-state index in [4.69, 9.17) is 0 Å². The summed E-state index contributed by atoms with van der Waals surface area (Å²) in [6.07, 6.45) is 1.47. The Bertz CT molecular complexity index is 416. The number of nitrogens with one attached hydrogen (secondary N) is 2. The lowest BCUT2D eigenvalue weighted by Gasteiger charge is -2.22. The summed E-state index contributed by atoms with van der Waals surface area (Å²) in [6.45, 7) is 3.76. The predicted molar refractivity (Wildman–Crippen MR) is 75.2 cm³/mol. The maximum Gasteiger partial charge on any atom is 0.261 e. The summed E-state index contributed by atoms with van der Waals surface area (Å²) in [5.41, 5.74) is -0.901. The fourth-order valence-corrected chi connectivity index (χ4v) is 2.27. The van der Waals surface area contributed by atoms with Gasteiger partial charge in [0.25, 0.3) is 5.91 Å². The molecule has 106 valence electrons. The quantitative estimate of drug-likeness (QED) is 0.702. The van der Waals surface area contributed by atoms with E-state index in [1.807, 2.05) is 6.92 Å². The summed E-state index contributed by atoms with van der Waals surface area (Å²) >= 11 is 1.32. The Morgan fingerprint density at radius 1 is 1.42 bits per heavy atom. The zero-order valence-corrected chi connectivity index (χ0v) is 12.0. The third-order valence-electron chi connectivity index (χ3n) is 2.61. The SMILES string of the molecule is CCCC(C)(O)CNC(=O)CNC(=O)c1cccs1. The number of amides is 2. The van der Waals surface area contributed by atoms with Crippen LogP contribution in [0.5, 0.6) is 0 Å². The highest BCUT2D eigenvalue weighted by molar-refractivity contribution is 7.12. The molecule has 0 aliphatic carbocycles. The highest BCUT2D eigenvalue weighted by Crippen LogP contribution is 2.10. The van der Waals surface area contributed by atoms with Gasteiger partial charge in [0, 0.05) is 6.54 Å². The van der Waals surface area contributed by atoms with Crippen molar-refractivity contribution in [2.24, 2.45) is 0 Å². The summed E-state index contributed by atoms with van der Waals surface area (Å²) in [5.74, 6) is -0.563. The fraction of sp³-hybridized carbons (Fsp3) is 0.538. The van der Waals surface area contributed by atoms with Crippen molar-refractivity contribution in [1.82, 2.24) is 10.6 Å². The van der Waals surface area contributed by atoms with Crippen LogP contribution in [-0.4, -0.2) is 35.6 Å². The third-order valence-corrected chi connectivity index (χ3v) is 3.48. The van der Waals surface area contributed by atoms with Gasteiger partial charge >= 0.3 is 0 Å². The van der Waals surface area contributed by atoms with Crippen molar-refractivity contribution in [3.63, 3.8) is 0 Å². The Hall–Kier alpha value is -1.40. The van der Waals surface area contributed by atoms with Crippen molar-refractivity contribution < 1.29 is 14.7 Å². The molecule has 0 saturated heterocycles. The lowest BCUT2D eigenvalue weighted by atomic mass is 10.0. The van der Waals surface area contributed by atoms with Gasteiger partial charge in [0.1, 0.15) is 0 Å². The van der Waals surface area contributed by atoms with Crippen molar-refractivity contribution in [3.8, 4) is 0 Å². The predicted octanol–water partition coefficient (Wildman–Crippen LogP) is 1.15. The van der Waals surface area contributed by atoms with Crippen LogP contribution < -0.4 is 10.6 Å². The minimum Gasteiger partial charge on any atom is -0.388 e. The summed E-state index contributed by atoms with van der Waals surface area (Å²) in [7, 11) is 0. The van der Waals surface area contributed by atoms with Gasteiger partial charge < -0.3 is 15.7 Å². The van der Waals surface area contributed by atoms with Crippen molar-refractivity contribution >= 4 is 23.2 Å². The first kappa shape index (κ1) is 15.7. The van der Waals surface area contributed by atoms with Gasteiger partial charge in [0.2, 0.25) is 5.91 Å². The van der Waals surface area contributed by atoms with Crippen molar-refractivity contribution in [1.29, 1.82) is 0 Å². The molecule has 0 spiro atoms. The fourth-order valence-electron chi connectivity index (χ4n) is 1.63. The molecular formula is C13H20N2O3S. The Morgan fingerprint density at radius 2 is 2.16 bits per heavy atom. The number of carbonyl (C=O) groups is 2. The molecule has 0 radical (unpaired) electrons. The zero-order chi connectivity index (χ0) is 14.3. The molecule has 1 atom stereocenters. The molecule has 1 aromatic heterocycles. The third kappa shape index (κ3) is 5.85. The maximum absolute atomic E-state index is 11.6. The molecule has 1 heterocycles. The van der Waals surface area contributed by atoms with Gasteiger partial charge in [0.05, 0.1) is 17.0 Å². The van der Waals surface area contributed by atoms with Crippen LogP contribution in [0.3, 0.4) is 0 Å². The molecule has 0 aliphatic heterocycles. The average molecular weight is 284 g/mol. The van der Waals surface area contributed by atoms with Gasteiger partial charge in [-0.25, -0.2) is 0 Å². The molecule has 5 nitrogen and oxygen atoms in total. The number of hydrogen-bond acceptors (Lipinski definition) is 4. The van der Waals surface area contributed by atoms with Gasteiger partial charge in [-0.3, -0.25) is 9.59 Å². The largest absolute Gasteiger partial charge is 0.388 e. The molecular weight excluding hydrogens is 264 g/mol. The van der Waals surface area contributed by atoms with E-state index in [2.05, 4.69) is 10.6 Å². The standard InChI is InChI=1S/C13H20N2O3S/c1-3-6-13(2,18)9-15-11(16)8-14-12(17)10-5-4-7-19-10/h4-5,7,18H,3,6,8-9H2,1-2H3,(H,14,17)(H,15,16). The number of hydrogen-bond donors (Lipinski definition) is 3. The Kier molecular flexibility index (Phi) is 5.98. The molecule has 6 heteroatoms. The average Bonchev–Trinajstić information content (AvgIpc) is 2.87. The summed E-state index contributed by atoms with van der Waals surface area (Å²) in [5, 5.41) is 16.8. The number of thiophene rings is 1. The highest BCUT2D eigenvalue weighted by atomic mass is 32.1. The van der Waals surface area contributed by atoms with Crippen LogP contribution in [0.15, 0.2) is 17.5 Å². The van der Waals surface area contributed by atoms with E-state index in [1.165, 1.54) is 11.3 Å². The normalized spacial score (nSPS) is 13.6. The molecule has 0 bridgehead atoms. The first-order valence-corrected chi connectivity index (χ1v) is 7.13. The first-order valence-electron chi connectivity index (χ1n) is 6.25. The van der Waals surface area contributed by atoms with E-state index >= 15 is 0 Å². The summed E-state index contributed by atoms with van der Waals surface area (Å²) in [6, 6.07) is 3.48. The molecule has 2 amide bonds. The van der Waals surface area contributed by atoms with Crippen LogP contribution in [-0.2, 0) is 4.79 Å². The molecule has 0 aliphatic rings. The minimum absolute atomic E-state index is 0.0844. The van der Waals surface area contributed by atoms with E-state index in [1.54, 1.807) is 24.4 Å². The smallest absolute Gasteiger partial charge is 0.261 e. The molecule has 1 rings (SSSR count). The summed E-state index contributed by atoms with van der Waals surface area (Å²) in [4.78, 5) is 23.7. The van der Waals surface area contributed by atoms with Gasteiger partial charge in [-0.2, -0.15) is 0 Å². The maximum atomic E-state index is 11.6. The van der Waals surface area contributed by atoms with E-state index < -0.39 is 5.60 Å². The van der Waals surface area contributed by atoms with Crippen LogP contribution in [0.1, 0.15) is 36.4 Å². The van der Waals surface area contributed by atoms with Crippen LogP contribution >= 0.6 is 11.3 Å². The molecule has 1 aromatic rings. The van der Waals surface area contributed by atoms with Gasteiger partial charge in [0.15, 0.2) is 0 Å². The highest BCUT2D eigenvalue weighted by Gasteiger charge is 2.19. The molecule has 3 N–H and O–H groups in total. The second-order valence-corrected chi connectivity index (χ2v) is 5.63. The number of aliphatic hydroxyl groups is 1. The molecule has 0 fully saturated rings. The van der Waals surface area contributed by atoms with Crippen molar-refractivity contribution in [2.45, 2.75) is 32.3 Å². The van der Waals surface area contributed by atoms with Gasteiger partial charge in [-0.15, -0.1) is 11.3 Å². The lowest BCUT2D eigenvalue weighted by molar-refractivity contribution is -0.121. The first-order chi connectivity index (χ1) is 8.94. The van der Waals surface area contributed by atoms with Gasteiger partial charge in [-0.05, 0) is 24.8 Å². The Morgan fingerprint density at radius 3 is 2.74 bits per heavy atom. The molecule has 19 heavy (non-hydrogen) atoms. The van der Waals surface area contributed by atoms with Crippen molar-refractivity contribution in [2.75, 3.05) is 13.1 Å². The molecule has 1 unspecified atom stereocenters. The Balaban J connectivity index is 2.27. The van der Waals surface area contributed by atoms with E-state index in [-0.39, 0.29) is 24.9 Å². The molecule has 0 aromatic carbocycles. The van der Waals surface area contributed by atoms with Gasteiger partial charge in [-0.1, -0.05) is 19.4 Å². The van der Waals surface area contributed by atoms with E-state index in [0.717, 1.165) is 6.42 Å². The summed E-state index contributed by atoms with van der Waals surface area (Å²) < 4.78 is 0. The number of rotatable bonds is 7. The second kappa shape index (κ2) is 7.25. The number of carbonyl (C=O) groups excluding carboxylic acids is 2. The van der Waals surface area contributed by atoms with Crippen LogP contribution in [0.25, 0.3) is 0 Å². The van der Waals surface area contributed by atoms with Crippen LogP contribution in [0.2, 0.25) is 0 Å². The minimum atomic E-state index is -0.901. The molecule has 0 saturated carbocycles. The Labute approximate surface area is 117 Å². The van der Waals surface area contributed by atoms with E-state index in [9.17, 15) is 14.7 Å².